The number of carbonyl (C=O) groups excluding carboxylic acids is 1. The van der Waals surface area contributed by atoms with E-state index in [4.69, 9.17) is 11.6 Å². The average molecular weight is 531 g/mol. The number of rotatable bonds is 5. The van der Waals surface area contributed by atoms with Crippen LogP contribution in [0.4, 0.5) is 14.5 Å². The molecular formula is C25H21ClF2N4O3S. The Morgan fingerprint density at radius 1 is 1.14 bits per heavy atom. The second kappa shape index (κ2) is 9.25. The van der Waals surface area contributed by atoms with Gasteiger partial charge in [-0.25, -0.2) is 27.2 Å². The summed E-state index contributed by atoms with van der Waals surface area (Å²) in [4.78, 5) is 23.3. The van der Waals surface area contributed by atoms with E-state index in [9.17, 15) is 22.0 Å². The summed E-state index contributed by atoms with van der Waals surface area (Å²) < 4.78 is 54.9. The smallest absolute Gasteiger partial charge is 0.276 e. The normalized spacial score (nSPS) is 13.6. The number of carbonyl (C=O) groups is 1. The first-order valence-electron chi connectivity index (χ1n) is 11.2. The number of benzene rings is 2. The van der Waals surface area contributed by atoms with Gasteiger partial charge in [0.1, 0.15) is 17.3 Å². The predicted octanol–water partition coefficient (Wildman–Crippen LogP) is 4.95. The molecule has 0 bridgehead atoms. The Kier molecular flexibility index (Phi) is 6.25. The minimum Gasteiger partial charge on any atom is -0.324 e. The number of halogens is 3. The van der Waals surface area contributed by atoms with Crippen molar-refractivity contribution in [3.05, 3.63) is 82.5 Å². The lowest BCUT2D eigenvalue weighted by molar-refractivity contribution is 0.0974. The first kappa shape index (κ1) is 24.3. The number of nitrogens with zero attached hydrogens (tertiary/aromatic N) is 4. The monoisotopic (exact) mass is 530 g/mol. The van der Waals surface area contributed by atoms with Gasteiger partial charge in [-0.3, -0.25) is 4.79 Å². The maximum absolute atomic E-state index is 14.1. The van der Waals surface area contributed by atoms with Crippen LogP contribution in [0.3, 0.4) is 0 Å². The zero-order chi connectivity index (χ0) is 25.6. The van der Waals surface area contributed by atoms with E-state index >= 15 is 0 Å². The molecule has 0 aliphatic carbocycles. The zero-order valence-electron chi connectivity index (χ0n) is 19.2. The highest BCUT2D eigenvalue weighted by Gasteiger charge is 2.29. The van der Waals surface area contributed by atoms with Crippen LogP contribution in [-0.4, -0.2) is 35.1 Å². The van der Waals surface area contributed by atoms with Crippen molar-refractivity contribution in [2.24, 2.45) is 0 Å². The van der Waals surface area contributed by atoms with Crippen molar-refractivity contribution in [1.82, 2.24) is 14.5 Å². The summed E-state index contributed by atoms with van der Waals surface area (Å²) in [6, 6.07) is 9.54. The van der Waals surface area contributed by atoms with E-state index in [0.717, 1.165) is 43.5 Å². The SMILES string of the molecule is CS(=O)(=O)c1cc(F)ccc1N(Cc1ccc2cc(F)c(Cl)nc2c1)C(=O)c1cnc2n1CCCC2. The summed E-state index contributed by atoms with van der Waals surface area (Å²) >= 11 is 5.85. The third kappa shape index (κ3) is 4.58. The molecule has 1 aliphatic heterocycles. The average Bonchev–Trinajstić information content (AvgIpc) is 3.27. The van der Waals surface area contributed by atoms with Crippen molar-refractivity contribution in [3.63, 3.8) is 0 Å². The van der Waals surface area contributed by atoms with Crippen LogP contribution in [0.25, 0.3) is 10.9 Å². The second-order valence-electron chi connectivity index (χ2n) is 8.73. The standard InChI is InChI=1S/C25H21ClF2N4O3S/c1-36(34,35)22-12-17(27)7-8-20(22)32(25(33)21-13-29-23-4-2-3-9-31(21)23)14-15-5-6-16-11-18(28)24(26)30-19(16)10-15/h5-8,10-13H,2-4,9,14H2,1H3. The van der Waals surface area contributed by atoms with Crippen molar-refractivity contribution in [2.75, 3.05) is 11.2 Å². The van der Waals surface area contributed by atoms with Crippen LogP contribution in [0.1, 0.15) is 34.7 Å². The predicted molar refractivity (Wildman–Crippen MR) is 132 cm³/mol. The lowest BCUT2D eigenvalue weighted by atomic mass is 10.1. The number of fused-ring (bicyclic) bond motifs is 2. The molecule has 3 heterocycles. The molecule has 0 saturated carbocycles. The number of amides is 1. The van der Waals surface area contributed by atoms with Gasteiger partial charge < -0.3 is 9.47 Å². The van der Waals surface area contributed by atoms with Crippen molar-refractivity contribution in [1.29, 1.82) is 0 Å². The van der Waals surface area contributed by atoms with E-state index < -0.39 is 27.4 Å². The first-order valence-corrected chi connectivity index (χ1v) is 13.5. The lowest BCUT2D eigenvalue weighted by Gasteiger charge is -2.26. The molecule has 0 N–H and O–H groups in total. The highest BCUT2D eigenvalue weighted by Crippen LogP contribution is 2.31. The quantitative estimate of drug-likeness (QED) is 0.341. The van der Waals surface area contributed by atoms with Gasteiger partial charge in [-0.2, -0.15) is 0 Å². The number of aromatic nitrogens is 3. The molecule has 0 radical (unpaired) electrons. The molecule has 11 heteroatoms. The number of hydrogen-bond donors (Lipinski definition) is 0. The Labute approximate surface area is 211 Å². The molecule has 0 saturated heterocycles. The van der Waals surface area contributed by atoms with E-state index in [-0.39, 0.29) is 22.3 Å². The van der Waals surface area contributed by atoms with E-state index in [1.165, 1.54) is 23.2 Å². The van der Waals surface area contributed by atoms with Crippen molar-refractivity contribution >= 4 is 43.9 Å². The highest BCUT2D eigenvalue weighted by atomic mass is 35.5. The van der Waals surface area contributed by atoms with Crippen LogP contribution in [-0.2, 0) is 29.3 Å². The fourth-order valence-corrected chi connectivity index (χ4v) is 5.47. The Morgan fingerprint density at radius 2 is 1.94 bits per heavy atom. The number of sulfone groups is 1. The molecule has 0 atom stereocenters. The fraction of sp³-hybridized carbons (Fsp3) is 0.240. The molecule has 186 valence electrons. The fourth-order valence-electron chi connectivity index (χ4n) is 4.44. The van der Waals surface area contributed by atoms with Crippen LogP contribution in [0.5, 0.6) is 0 Å². The minimum absolute atomic E-state index is 0.0421. The molecule has 0 unspecified atom stereocenters. The maximum Gasteiger partial charge on any atom is 0.276 e. The van der Waals surface area contributed by atoms with Gasteiger partial charge in [-0.15, -0.1) is 0 Å². The van der Waals surface area contributed by atoms with Gasteiger partial charge in [0, 0.05) is 24.6 Å². The first-order chi connectivity index (χ1) is 17.1. The molecule has 4 aromatic rings. The lowest BCUT2D eigenvalue weighted by Crippen LogP contribution is -2.34. The van der Waals surface area contributed by atoms with Crippen LogP contribution >= 0.6 is 11.6 Å². The van der Waals surface area contributed by atoms with Gasteiger partial charge >= 0.3 is 0 Å². The zero-order valence-corrected chi connectivity index (χ0v) is 20.8. The van der Waals surface area contributed by atoms with Crippen LogP contribution < -0.4 is 4.90 Å². The highest BCUT2D eigenvalue weighted by molar-refractivity contribution is 7.90. The summed E-state index contributed by atoms with van der Waals surface area (Å²) in [5.74, 6) is -1.07. The maximum atomic E-state index is 14.1. The van der Waals surface area contributed by atoms with E-state index in [0.29, 0.717) is 28.7 Å². The molecule has 7 nitrogen and oxygen atoms in total. The topological polar surface area (TPSA) is 85.2 Å². The largest absolute Gasteiger partial charge is 0.324 e. The van der Waals surface area contributed by atoms with Gasteiger partial charge in [0.05, 0.1) is 28.8 Å². The molecule has 2 aromatic heterocycles. The summed E-state index contributed by atoms with van der Waals surface area (Å²) in [7, 11) is -3.89. The number of pyridine rings is 1. The van der Waals surface area contributed by atoms with Gasteiger partial charge in [-0.1, -0.05) is 23.7 Å². The van der Waals surface area contributed by atoms with Gasteiger partial charge in [0.15, 0.2) is 20.8 Å². The second-order valence-corrected chi connectivity index (χ2v) is 11.1. The summed E-state index contributed by atoms with van der Waals surface area (Å²) in [5.41, 5.74) is 1.36. The van der Waals surface area contributed by atoms with Crippen molar-refractivity contribution < 1.29 is 22.0 Å². The number of hydrogen-bond acceptors (Lipinski definition) is 5. The molecule has 1 aliphatic rings. The van der Waals surface area contributed by atoms with Crippen molar-refractivity contribution in [2.45, 2.75) is 37.2 Å². The number of aryl methyl sites for hydroxylation is 1. The minimum atomic E-state index is -3.89. The third-order valence-electron chi connectivity index (χ3n) is 6.18. The van der Waals surface area contributed by atoms with Crippen LogP contribution in [0.15, 0.2) is 53.6 Å². The molecule has 1 amide bonds. The third-order valence-corrected chi connectivity index (χ3v) is 7.57. The Bertz CT molecular complexity index is 1620. The van der Waals surface area contributed by atoms with E-state index in [1.54, 1.807) is 18.2 Å². The number of imidazole rings is 1. The summed E-state index contributed by atoms with van der Waals surface area (Å²) in [6.45, 7) is 0.566. The van der Waals surface area contributed by atoms with Crippen molar-refractivity contribution in [3.8, 4) is 0 Å². The Balaban J connectivity index is 1.64. The molecule has 2 aromatic carbocycles. The van der Waals surface area contributed by atoms with Crippen LogP contribution in [0.2, 0.25) is 5.15 Å². The summed E-state index contributed by atoms with van der Waals surface area (Å²) in [5, 5.41) is 0.235. The molecule has 5 rings (SSSR count). The number of anilines is 1. The van der Waals surface area contributed by atoms with Gasteiger partial charge in [0.25, 0.3) is 5.91 Å². The molecule has 0 fully saturated rings. The molecular weight excluding hydrogens is 510 g/mol. The van der Waals surface area contributed by atoms with Crippen LogP contribution in [0, 0.1) is 11.6 Å². The summed E-state index contributed by atoms with van der Waals surface area (Å²) in [6.07, 6.45) is 5.06. The van der Waals surface area contributed by atoms with Gasteiger partial charge in [-0.05, 0) is 48.7 Å². The van der Waals surface area contributed by atoms with E-state index in [2.05, 4.69) is 9.97 Å². The van der Waals surface area contributed by atoms with Gasteiger partial charge in [0.2, 0.25) is 0 Å². The molecule has 36 heavy (non-hydrogen) atoms. The Hall–Kier alpha value is -3.37. The Morgan fingerprint density at radius 3 is 2.72 bits per heavy atom. The van der Waals surface area contributed by atoms with E-state index in [1.807, 2.05) is 4.57 Å². The molecule has 0 spiro atoms.